The van der Waals surface area contributed by atoms with Gasteiger partial charge in [-0.15, -0.1) is 0 Å². The summed E-state index contributed by atoms with van der Waals surface area (Å²) >= 11 is 1.26. The Balaban J connectivity index is 1.66. The fourth-order valence-corrected chi connectivity index (χ4v) is 4.85. The maximum Gasteiger partial charge on any atom is 0.262 e. The first-order valence-corrected chi connectivity index (χ1v) is 13.3. The number of ketones is 1. The number of Topliss-reactive ketones (excluding diaryl/α,β-unsaturated/α-hetero) is 1. The van der Waals surface area contributed by atoms with E-state index in [1.54, 1.807) is 29.0 Å². The minimum absolute atomic E-state index is 0.0379. The number of carbonyl (C=O) groups excluding carboxylic acids is 2. The van der Waals surface area contributed by atoms with Gasteiger partial charge in [-0.25, -0.2) is 4.98 Å². The molecule has 7 nitrogen and oxygen atoms in total. The molecule has 0 aliphatic rings. The van der Waals surface area contributed by atoms with Crippen LogP contribution in [-0.4, -0.2) is 38.5 Å². The summed E-state index contributed by atoms with van der Waals surface area (Å²) in [6.07, 6.45) is 2.54. The molecule has 4 aromatic rings. The number of nitrogens with one attached hydrogen (secondary N) is 2. The zero-order valence-corrected chi connectivity index (χ0v) is 21.9. The second kappa shape index (κ2) is 11.1. The van der Waals surface area contributed by atoms with E-state index in [0.717, 1.165) is 17.3 Å². The molecule has 188 valence electrons. The molecule has 0 spiro atoms. The highest BCUT2D eigenvalue weighted by Gasteiger charge is 2.18. The Hall–Kier alpha value is -3.39. The topological polar surface area (TPSA) is 96.8 Å². The fourth-order valence-electron chi connectivity index (χ4n) is 3.95. The van der Waals surface area contributed by atoms with Crippen LogP contribution in [0.1, 0.15) is 54.8 Å². The number of hydrogen-bond acceptors (Lipinski definition) is 5. The van der Waals surface area contributed by atoms with Gasteiger partial charge >= 0.3 is 0 Å². The molecule has 0 aliphatic carbocycles. The van der Waals surface area contributed by atoms with Crippen molar-refractivity contribution in [3.63, 3.8) is 0 Å². The summed E-state index contributed by atoms with van der Waals surface area (Å²) in [7, 11) is 0. The third-order valence-electron chi connectivity index (χ3n) is 6.01. The highest BCUT2D eigenvalue weighted by Crippen LogP contribution is 2.24. The van der Waals surface area contributed by atoms with E-state index < -0.39 is 0 Å². The summed E-state index contributed by atoms with van der Waals surface area (Å²) < 4.78 is 1.66. The zero-order valence-electron chi connectivity index (χ0n) is 21.1. The minimum atomic E-state index is -0.194. The van der Waals surface area contributed by atoms with E-state index in [9.17, 15) is 14.4 Å². The molecule has 0 saturated heterocycles. The third kappa shape index (κ3) is 5.70. The third-order valence-corrected chi connectivity index (χ3v) is 6.98. The van der Waals surface area contributed by atoms with E-state index in [1.807, 2.05) is 38.1 Å². The molecule has 0 aliphatic heterocycles. The van der Waals surface area contributed by atoms with E-state index in [-0.39, 0.29) is 23.0 Å². The lowest BCUT2D eigenvalue weighted by Crippen LogP contribution is -2.28. The summed E-state index contributed by atoms with van der Waals surface area (Å²) in [5, 5.41) is 4.73. The molecule has 2 aromatic heterocycles. The van der Waals surface area contributed by atoms with Crippen molar-refractivity contribution in [1.82, 2.24) is 19.9 Å². The molecule has 36 heavy (non-hydrogen) atoms. The van der Waals surface area contributed by atoms with Gasteiger partial charge in [0.1, 0.15) is 0 Å². The van der Waals surface area contributed by atoms with Crippen molar-refractivity contribution in [1.29, 1.82) is 0 Å². The first kappa shape index (κ1) is 25.7. The van der Waals surface area contributed by atoms with Crippen molar-refractivity contribution in [2.45, 2.75) is 45.8 Å². The van der Waals surface area contributed by atoms with Crippen molar-refractivity contribution in [2.24, 2.45) is 11.8 Å². The SMILES string of the molecule is CC(C)CCn1c(SCC(=O)c2c[nH]c3ccccc23)nc2cc(C(=O)NCC(C)C)ccc2c1=O. The normalized spacial score (nSPS) is 11.6. The van der Waals surface area contributed by atoms with E-state index in [2.05, 4.69) is 24.1 Å². The van der Waals surface area contributed by atoms with E-state index in [0.29, 0.717) is 52.1 Å². The summed E-state index contributed by atoms with van der Waals surface area (Å²) in [5.74, 6) is 0.656. The average molecular weight is 505 g/mol. The number of rotatable bonds is 10. The molecule has 2 heterocycles. The molecule has 8 heteroatoms. The van der Waals surface area contributed by atoms with Crippen molar-refractivity contribution in [3.05, 3.63) is 70.1 Å². The van der Waals surface area contributed by atoms with Crippen LogP contribution in [0, 0.1) is 11.8 Å². The summed E-state index contributed by atoms with van der Waals surface area (Å²) in [4.78, 5) is 47.0. The quantitative estimate of drug-likeness (QED) is 0.174. The van der Waals surface area contributed by atoms with Gasteiger partial charge in [0.15, 0.2) is 10.9 Å². The lowest BCUT2D eigenvalue weighted by molar-refractivity contribution is 0.0948. The van der Waals surface area contributed by atoms with Crippen LogP contribution in [0.15, 0.2) is 58.6 Å². The number of thioether (sulfide) groups is 1. The van der Waals surface area contributed by atoms with Crippen LogP contribution in [0.5, 0.6) is 0 Å². The van der Waals surface area contributed by atoms with Gasteiger partial charge in [-0.05, 0) is 42.5 Å². The lowest BCUT2D eigenvalue weighted by atomic mass is 10.1. The number of aromatic amines is 1. The predicted molar refractivity (Wildman–Crippen MR) is 146 cm³/mol. The van der Waals surface area contributed by atoms with Crippen LogP contribution in [0.2, 0.25) is 0 Å². The Labute approximate surface area is 214 Å². The Morgan fingerprint density at radius 2 is 1.83 bits per heavy atom. The Kier molecular flexibility index (Phi) is 7.94. The number of nitrogens with zero attached hydrogens (tertiary/aromatic N) is 2. The maximum atomic E-state index is 13.4. The van der Waals surface area contributed by atoms with Crippen molar-refractivity contribution in [2.75, 3.05) is 12.3 Å². The molecule has 0 bridgehead atoms. The van der Waals surface area contributed by atoms with Gasteiger partial charge in [0.2, 0.25) is 0 Å². The number of H-pyrrole nitrogens is 1. The number of fused-ring (bicyclic) bond motifs is 2. The molecule has 0 atom stereocenters. The summed E-state index contributed by atoms with van der Waals surface area (Å²) in [6.45, 7) is 9.35. The summed E-state index contributed by atoms with van der Waals surface area (Å²) in [6, 6.07) is 12.7. The molecular weight excluding hydrogens is 472 g/mol. The van der Waals surface area contributed by atoms with E-state index in [1.165, 1.54) is 11.8 Å². The average Bonchev–Trinajstić information content (AvgIpc) is 3.29. The first-order chi connectivity index (χ1) is 17.2. The number of hydrogen-bond donors (Lipinski definition) is 2. The molecule has 2 N–H and O–H groups in total. The molecule has 0 fully saturated rings. The van der Waals surface area contributed by atoms with Gasteiger partial charge in [-0.3, -0.25) is 19.0 Å². The van der Waals surface area contributed by atoms with Gasteiger partial charge in [0.05, 0.1) is 16.7 Å². The molecule has 0 unspecified atom stereocenters. The largest absolute Gasteiger partial charge is 0.360 e. The predicted octanol–water partition coefficient (Wildman–Crippen LogP) is 5.28. The van der Waals surface area contributed by atoms with Gasteiger partial charge < -0.3 is 10.3 Å². The zero-order chi connectivity index (χ0) is 25.8. The highest BCUT2D eigenvalue weighted by molar-refractivity contribution is 7.99. The standard InChI is InChI=1S/C28H32N4O3S/c1-17(2)11-12-32-27(35)21-10-9-19(26(34)30-14-18(3)4)13-24(21)31-28(32)36-16-25(33)22-15-29-23-8-6-5-7-20(22)23/h5-10,13,15,17-18,29H,11-12,14,16H2,1-4H3,(H,30,34). The van der Waals surface area contributed by atoms with Crippen molar-refractivity contribution < 1.29 is 9.59 Å². The number of aromatic nitrogens is 3. The first-order valence-electron chi connectivity index (χ1n) is 12.3. The fraction of sp³-hybridized carbons (Fsp3) is 0.357. The van der Waals surface area contributed by atoms with Crippen LogP contribution in [0.3, 0.4) is 0 Å². The molecule has 0 radical (unpaired) electrons. The lowest BCUT2D eigenvalue weighted by Gasteiger charge is -2.14. The molecule has 2 aromatic carbocycles. The number of benzene rings is 2. The van der Waals surface area contributed by atoms with Crippen LogP contribution >= 0.6 is 11.8 Å². The highest BCUT2D eigenvalue weighted by atomic mass is 32.2. The van der Waals surface area contributed by atoms with Gasteiger partial charge in [0.25, 0.3) is 11.5 Å². The number of para-hydroxylation sites is 1. The molecular formula is C28H32N4O3S. The molecule has 4 rings (SSSR count). The van der Waals surface area contributed by atoms with Crippen molar-refractivity contribution in [3.8, 4) is 0 Å². The number of amides is 1. The van der Waals surface area contributed by atoms with Gasteiger partial charge in [-0.2, -0.15) is 0 Å². The number of carbonyl (C=O) groups is 2. The van der Waals surface area contributed by atoms with Gasteiger partial charge in [0, 0.05) is 41.3 Å². The van der Waals surface area contributed by atoms with E-state index >= 15 is 0 Å². The molecule has 1 amide bonds. The van der Waals surface area contributed by atoms with Crippen LogP contribution in [0.4, 0.5) is 0 Å². The molecule has 0 saturated carbocycles. The van der Waals surface area contributed by atoms with Crippen LogP contribution < -0.4 is 10.9 Å². The Bertz CT molecular complexity index is 1470. The smallest absolute Gasteiger partial charge is 0.262 e. The van der Waals surface area contributed by atoms with Gasteiger partial charge in [-0.1, -0.05) is 57.7 Å². The maximum absolute atomic E-state index is 13.4. The van der Waals surface area contributed by atoms with Crippen molar-refractivity contribution >= 4 is 45.3 Å². The Morgan fingerprint density at radius 3 is 2.58 bits per heavy atom. The van der Waals surface area contributed by atoms with E-state index in [4.69, 9.17) is 4.98 Å². The summed E-state index contributed by atoms with van der Waals surface area (Å²) in [5.41, 5.74) is 2.29. The monoisotopic (exact) mass is 504 g/mol. The second-order valence-electron chi connectivity index (χ2n) is 9.83. The van der Waals surface area contributed by atoms with Crippen LogP contribution in [0.25, 0.3) is 21.8 Å². The van der Waals surface area contributed by atoms with Crippen LogP contribution in [-0.2, 0) is 6.54 Å². The Morgan fingerprint density at radius 1 is 1.06 bits per heavy atom. The second-order valence-corrected chi connectivity index (χ2v) is 10.8. The minimum Gasteiger partial charge on any atom is -0.360 e.